The summed E-state index contributed by atoms with van der Waals surface area (Å²) in [6.45, 7) is 0. The highest BCUT2D eigenvalue weighted by Gasteiger charge is 2.34. The molecule has 0 bridgehead atoms. The van der Waals surface area contributed by atoms with Crippen LogP contribution in [0.15, 0.2) is 12.3 Å². The Balaban J connectivity index is 3.28. The molecule has 0 N–H and O–H groups in total. The largest absolute Gasteiger partial charge is 0.616 e. The molecule has 1 rings (SSSR count). The molecule has 0 saturated heterocycles. The van der Waals surface area contributed by atoms with Crippen molar-refractivity contribution < 1.29 is 22.6 Å². The van der Waals surface area contributed by atoms with E-state index in [-0.39, 0.29) is 15.6 Å². The van der Waals surface area contributed by atoms with Crippen molar-refractivity contribution >= 4 is 11.6 Å². The Hall–Kier alpha value is -1.17. The van der Waals surface area contributed by atoms with Gasteiger partial charge in [0.05, 0.1) is 7.11 Å². The maximum absolute atomic E-state index is 12.1. The first kappa shape index (κ1) is 10.9. The molecule has 3 nitrogen and oxygen atoms in total. The van der Waals surface area contributed by atoms with Gasteiger partial charge in [0.25, 0.3) is 0 Å². The lowest BCUT2D eigenvalue weighted by Gasteiger charge is -2.09. The van der Waals surface area contributed by atoms with E-state index < -0.39 is 11.7 Å². The number of pyridine rings is 1. The molecule has 0 unspecified atom stereocenters. The van der Waals surface area contributed by atoms with Crippen molar-refractivity contribution in [3.8, 4) is 5.88 Å². The van der Waals surface area contributed by atoms with Gasteiger partial charge in [0.15, 0.2) is 11.2 Å². The zero-order chi connectivity index (χ0) is 10.9. The van der Waals surface area contributed by atoms with E-state index in [1.165, 1.54) is 0 Å². The van der Waals surface area contributed by atoms with Crippen LogP contribution < -0.4 is 9.47 Å². The molecular weight excluding hydrogens is 223 g/mol. The fraction of sp³-hybridized carbons (Fsp3) is 0.286. The molecule has 1 heterocycles. The molecule has 0 spiro atoms. The maximum atomic E-state index is 12.1. The number of hydrogen-bond donors (Lipinski definition) is 0. The standard InChI is InChI=1S/C7H5ClF3NO2/c1-14-6-5(8)2-4(3-12(6)13)7(9,10)11/h2-3H,1H3. The van der Waals surface area contributed by atoms with Crippen LogP contribution in [0.3, 0.4) is 0 Å². The summed E-state index contributed by atoms with van der Waals surface area (Å²) in [6.07, 6.45) is -4.23. The van der Waals surface area contributed by atoms with Crippen molar-refractivity contribution in [1.82, 2.24) is 0 Å². The third kappa shape index (κ3) is 2.01. The number of halogens is 4. The Bertz CT molecular complexity index is 330. The highest BCUT2D eigenvalue weighted by molar-refractivity contribution is 6.31. The summed E-state index contributed by atoms with van der Waals surface area (Å²) in [5.41, 5.74) is -1.11. The lowest BCUT2D eigenvalue weighted by molar-refractivity contribution is -0.613. The van der Waals surface area contributed by atoms with Gasteiger partial charge in [-0.15, -0.1) is 4.73 Å². The molecule has 0 aliphatic carbocycles. The van der Waals surface area contributed by atoms with Gasteiger partial charge in [-0.3, -0.25) is 0 Å². The monoisotopic (exact) mass is 227 g/mol. The summed E-state index contributed by atoms with van der Waals surface area (Å²) in [7, 11) is 1.14. The van der Waals surface area contributed by atoms with E-state index >= 15 is 0 Å². The Morgan fingerprint density at radius 2 is 2.07 bits per heavy atom. The lowest BCUT2D eigenvalue weighted by atomic mass is 10.3. The molecular formula is C7H5ClF3NO2. The number of alkyl halides is 3. The van der Waals surface area contributed by atoms with Gasteiger partial charge < -0.3 is 9.94 Å². The molecule has 0 aliphatic rings. The van der Waals surface area contributed by atoms with Crippen LogP contribution in [0, 0.1) is 5.21 Å². The summed E-state index contributed by atoms with van der Waals surface area (Å²) in [5, 5.41) is 10.6. The predicted octanol–water partition coefficient (Wildman–Crippen LogP) is 2.00. The van der Waals surface area contributed by atoms with Crippen LogP contribution in [-0.2, 0) is 6.18 Å². The third-order valence-corrected chi connectivity index (χ3v) is 1.73. The van der Waals surface area contributed by atoms with Crippen molar-refractivity contribution in [2.24, 2.45) is 0 Å². The predicted molar refractivity (Wildman–Crippen MR) is 42.0 cm³/mol. The summed E-state index contributed by atoms with van der Waals surface area (Å²) >= 11 is 5.40. The SMILES string of the molecule is COc1c(Cl)cc(C(F)(F)F)c[n+]1[O-]. The number of hydrogen-bond acceptors (Lipinski definition) is 2. The van der Waals surface area contributed by atoms with E-state index in [1.807, 2.05) is 0 Å². The van der Waals surface area contributed by atoms with E-state index in [4.69, 9.17) is 11.6 Å². The Kier molecular flexibility index (Phi) is 2.75. The third-order valence-electron chi connectivity index (χ3n) is 1.46. The van der Waals surface area contributed by atoms with Gasteiger partial charge in [-0.2, -0.15) is 13.2 Å². The number of aromatic nitrogens is 1. The molecule has 0 fully saturated rings. The van der Waals surface area contributed by atoms with E-state index in [9.17, 15) is 18.4 Å². The number of ether oxygens (including phenoxy) is 1. The summed E-state index contributed by atoms with van der Waals surface area (Å²) in [6, 6.07) is 0.634. The molecule has 0 saturated carbocycles. The summed E-state index contributed by atoms with van der Waals surface area (Å²) in [5.74, 6) is -0.361. The van der Waals surface area contributed by atoms with Gasteiger partial charge in [0.1, 0.15) is 5.56 Å². The fourth-order valence-corrected chi connectivity index (χ4v) is 1.15. The minimum Gasteiger partial charge on any atom is -0.616 e. The van der Waals surface area contributed by atoms with E-state index in [0.717, 1.165) is 7.11 Å². The van der Waals surface area contributed by atoms with Crippen LogP contribution in [0.1, 0.15) is 5.56 Å². The minimum absolute atomic E-state index is 0.0643. The zero-order valence-electron chi connectivity index (χ0n) is 6.93. The van der Waals surface area contributed by atoms with Crippen molar-refractivity contribution in [2.75, 3.05) is 7.11 Å². The second kappa shape index (κ2) is 3.53. The average molecular weight is 228 g/mol. The first-order chi connectivity index (χ1) is 6.36. The van der Waals surface area contributed by atoms with Gasteiger partial charge >= 0.3 is 12.1 Å². The summed E-state index contributed by atoms with van der Waals surface area (Å²) in [4.78, 5) is 0. The van der Waals surface area contributed by atoms with Crippen LogP contribution in [0.2, 0.25) is 5.02 Å². The van der Waals surface area contributed by atoms with E-state index in [2.05, 4.69) is 4.74 Å². The van der Waals surface area contributed by atoms with Gasteiger partial charge in [-0.05, 0) is 6.07 Å². The van der Waals surface area contributed by atoms with Crippen LogP contribution in [0.5, 0.6) is 5.88 Å². The van der Waals surface area contributed by atoms with Crippen molar-refractivity contribution in [3.63, 3.8) is 0 Å². The Morgan fingerprint density at radius 1 is 1.50 bits per heavy atom. The van der Waals surface area contributed by atoms with Crippen LogP contribution in [0.25, 0.3) is 0 Å². The minimum atomic E-state index is -4.60. The normalized spacial score (nSPS) is 11.5. The van der Waals surface area contributed by atoms with Crippen molar-refractivity contribution in [1.29, 1.82) is 0 Å². The van der Waals surface area contributed by atoms with E-state index in [1.54, 1.807) is 0 Å². The lowest BCUT2D eigenvalue weighted by Crippen LogP contribution is -2.30. The van der Waals surface area contributed by atoms with Crippen LogP contribution >= 0.6 is 11.6 Å². The second-order valence-electron chi connectivity index (χ2n) is 2.41. The quantitative estimate of drug-likeness (QED) is 0.543. The molecule has 1 aromatic rings. The highest BCUT2D eigenvalue weighted by Crippen LogP contribution is 2.32. The zero-order valence-corrected chi connectivity index (χ0v) is 7.69. The molecule has 78 valence electrons. The molecule has 0 radical (unpaired) electrons. The molecule has 14 heavy (non-hydrogen) atoms. The summed E-state index contributed by atoms with van der Waals surface area (Å²) < 4.78 is 40.8. The number of methoxy groups -OCH3 is 1. The van der Waals surface area contributed by atoms with Gasteiger partial charge in [-0.1, -0.05) is 11.6 Å². The van der Waals surface area contributed by atoms with Gasteiger partial charge in [-0.25, -0.2) is 0 Å². The second-order valence-corrected chi connectivity index (χ2v) is 2.82. The fourth-order valence-electron chi connectivity index (χ4n) is 0.868. The smallest absolute Gasteiger partial charge is 0.422 e. The first-order valence-electron chi connectivity index (χ1n) is 3.40. The number of rotatable bonds is 1. The van der Waals surface area contributed by atoms with E-state index in [0.29, 0.717) is 12.3 Å². The Labute approximate surface area is 82.3 Å². The van der Waals surface area contributed by atoms with Gasteiger partial charge in [0, 0.05) is 0 Å². The molecule has 0 amide bonds. The highest BCUT2D eigenvalue weighted by atomic mass is 35.5. The molecule has 0 aromatic carbocycles. The number of nitrogens with zero attached hydrogens (tertiary/aromatic N) is 1. The van der Waals surface area contributed by atoms with Crippen LogP contribution in [0.4, 0.5) is 13.2 Å². The first-order valence-corrected chi connectivity index (χ1v) is 3.78. The maximum Gasteiger partial charge on any atom is 0.422 e. The Morgan fingerprint density at radius 3 is 2.43 bits per heavy atom. The van der Waals surface area contributed by atoms with Crippen LogP contribution in [-0.4, -0.2) is 7.11 Å². The molecule has 0 atom stereocenters. The van der Waals surface area contributed by atoms with Crippen molar-refractivity contribution in [3.05, 3.63) is 28.1 Å². The van der Waals surface area contributed by atoms with Gasteiger partial charge in [0.2, 0.25) is 0 Å². The van der Waals surface area contributed by atoms with Crippen molar-refractivity contribution in [2.45, 2.75) is 6.18 Å². The molecule has 0 aliphatic heterocycles. The topological polar surface area (TPSA) is 36.2 Å². The molecule has 1 aromatic heterocycles. The average Bonchev–Trinajstić information content (AvgIpc) is 2.01. The molecule has 7 heteroatoms.